The number of anilines is 2. The van der Waals surface area contributed by atoms with E-state index in [1.807, 2.05) is 42.3 Å². The second-order valence-corrected chi connectivity index (χ2v) is 4.72. The standard InChI is InChI=1S/C14H21N5O/c1-19(11-7-3-2-4-8-11)14-17-13(20-18-14)12(16)9-5-6-10-15/h2-4,7-8,12H,5-6,9-10,15-16H2,1H3. The van der Waals surface area contributed by atoms with E-state index < -0.39 is 0 Å². The van der Waals surface area contributed by atoms with Crippen molar-refractivity contribution < 1.29 is 4.52 Å². The Hall–Kier alpha value is -1.92. The average molecular weight is 275 g/mol. The van der Waals surface area contributed by atoms with Gasteiger partial charge in [0, 0.05) is 12.7 Å². The molecular weight excluding hydrogens is 254 g/mol. The van der Waals surface area contributed by atoms with Gasteiger partial charge in [0.1, 0.15) is 0 Å². The highest BCUT2D eigenvalue weighted by molar-refractivity contribution is 5.55. The van der Waals surface area contributed by atoms with Crippen LogP contribution in [0.25, 0.3) is 0 Å². The SMILES string of the molecule is CN(c1ccccc1)c1noc(C(N)CCCCN)n1. The summed E-state index contributed by atoms with van der Waals surface area (Å²) >= 11 is 0. The predicted octanol–water partition coefficient (Wildman–Crippen LogP) is 1.97. The van der Waals surface area contributed by atoms with Crippen molar-refractivity contribution in [3.8, 4) is 0 Å². The number of benzene rings is 1. The van der Waals surface area contributed by atoms with E-state index in [4.69, 9.17) is 16.0 Å². The Bertz CT molecular complexity index is 513. The molecule has 2 rings (SSSR count). The molecule has 6 nitrogen and oxygen atoms in total. The maximum atomic E-state index is 6.03. The molecule has 0 bridgehead atoms. The first-order valence-electron chi connectivity index (χ1n) is 6.80. The molecule has 1 atom stereocenters. The van der Waals surface area contributed by atoms with Crippen LogP contribution in [0.5, 0.6) is 0 Å². The Morgan fingerprint density at radius 1 is 1.25 bits per heavy atom. The minimum Gasteiger partial charge on any atom is -0.336 e. The van der Waals surface area contributed by atoms with Gasteiger partial charge in [0.15, 0.2) is 0 Å². The maximum Gasteiger partial charge on any atom is 0.270 e. The van der Waals surface area contributed by atoms with Gasteiger partial charge in [-0.1, -0.05) is 24.6 Å². The second kappa shape index (κ2) is 7.02. The van der Waals surface area contributed by atoms with Gasteiger partial charge in [-0.05, 0) is 36.7 Å². The van der Waals surface area contributed by atoms with Crippen molar-refractivity contribution in [3.63, 3.8) is 0 Å². The van der Waals surface area contributed by atoms with Crippen molar-refractivity contribution in [2.24, 2.45) is 11.5 Å². The van der Waals surface area contributed by atoms with Crippen molar-refractivity contribution >= 4 is 11.6 Å². The number of hydrogen-bond acceptors (Lipinski definition) is 6. The van der Waals surface area contributed by atoms with Gasteiger partial charge in [0.2, 0.25) is 5.89 Å². The largest absolute Gasteiger partial charge is 0.336 e. The lowest BCUT2D eigenvalue weighted by molar-refractivity contribution is 0.345. The van der Waals surface area contributed by atoms with Crippen molar-refractivity contribution in [1.29, 1.82) is 0 Å². The van der Waals surface area contributed by atoms with E-state index in [9.17, 15) is 0 Å². The molecule has 1 aromatic heterocycles. The van der Waals surface area contributed by atoms with Crippen LogP contribution in [-0.2, 0) is 0 Å². The van der Waals surface area contributed by atoms with E-state index in [0.29, 0.717) is 18.4 Å². The molecule has 1 aromatic carbocycles. The Balaban J connectivity index is 2.01. The Morgan fingerprint density at radius 2 is 2.00 bits per heavy atom. The normalized spacial score (nSPS) is 12.3. The van der Waals surface area contributed by atoms with Gasteiger partial charge in [-0.25, -0.2) is 0 Å². The molecule has 108 valence electrons. The molecule has 0 aliphatic rings. The predicted molar refractivity (Wildman–Crippen MR) is 78.6 cm³/mol. The number of unbranched alkanes of at least 4 members (excludes halogenated alkanes) is 1. The summed E-state index contributed by atoms with van der Waals surface area (Å²) in [7, 11) is 1.89. The highest BCUT2D eigenvalue weighted by atomic mass is 16.5. The summed E-state index contributed by atoms with van der Waals surface area (Å²) < 4.78 is 5.24. The minimum absolute atomic E-state index is 0.230. The molecule has 1 unspecified atom stereocenters. The second-order valence-electron chi connectivity index (χ2n) is 4.72. The summed E-state index contributed by atoms with van der Waals surface area (Å²) in [6.45, 7) is 0.679. The van der Waals surface area contributed by atoms with Crippen molar-refractivity contribution in [2.75, 3.05) is 18.5 Å². The Morgan fingerprint density at radius 3 is 2.70 bits per heavy atom. The zero-order valence-electron chi connectivity index (χ0n) is 11.7. The van der Waals surface area contributed by atoms with Crippen LogP contribution in [0.1, 0.15) is 31.2 Å². The number of hydrogen-bond donors (Lipinski definition) is 2. The molecule has 0 radical (unpaired) electrons. The smallest absolute Gasteiger partial charge is 0.270 e. The first kappa shape index (κ1) is 14.5. The van der Waals surface area contributed by atoms with Gasteiger partial charge in [-0.3, -0.25) is 0 Å². The molecule has 4 N–H and O–H groups in total. The van der Waals surface area contributed by atoms with E-state index in [0.717, 1.165) is 24.9 Å². The molecule has 1 heterocycles. The summed E-state index contributed by atoms with van der Waals surface area (Å²) in [6, 6.07) is 9.63. The fourth-order valence-corrected chi connectivity index (χ4v) is 1.91. The number of para-hydroxylation sites is 1. The first-order valence-corrected chi connectivity index (χ1v) is 6.80. The summed E-state index contributed by atoms with van der Waals surface area (Å²) in [6.07, 6.45) is 2.72. The van der Waals surface area contributed by atoms with Gasteiger partial charge >= 0.3 is 0 Å². The van der Waals surface area contributed by atoms with Crippen molar-refractivity contribution in [2.45, 2.75) is 25.3 Å². The topological polar surface area (TPSA) is 94.2 Å². The van der Waals surface area contributed by atoms with Crippen LogP contribution in [0.4, 0.5) is 11.6 Å². The Labute approximate surface area is 118 Å². The highest BCUT2D eigenvalue weighted by Gasteiger charge is 2.17. The molecule has 0 spiro atoms. The summed E-state index contributed by atoms with van der Waals surface area (Å²) in [5, 5.41) is 3.98. The molecule has 0 aliphatic heterocycles. The Kier molecular flexibility index (Phi) is 5.09. The summed E-state index contributed by atoms with van der Waals surface area (Å²) in [4.78, 5) is 6.22. The lowest BCUT2D eigenvalue weighted by Gasteiger charge is -2.13. The quantitative estimate of drug-likeness (QED) is 0.750. The third-order valence-corrected chi connectivity index (χ3v) is 3.16. The first-order chi connectivity index (χ1) is 9.72. The van der Waals surface area contributed by atoms with E-state index in [2.05, 4.69) is 10.1 Å². The van der Waals surface area contributed by atoms with E-state index in [1.165, 1.54) is 0 Å². The van der Waals surface area contributed by atoms with Crippen LogP contribution in [-0.4, -0.2) is 23.7 Å². The van der Waals surface area contributed by atoms with Crippen LogP contribution >= 0.6 is 0 Å². The number of aromatic nitrogens is 2. The molecule has 0 aliphatic carbocycles. The highest BCUT2D eigenvalue weighted by Crippen LogP contribution is 2.22. The van der Waals surface area contributed by atoms with Crippen LogP contribution in [0.2, 0.25) is 0 Å². The molecule has 2 aromatic rings. The third kappa shape index (κ3) is 3.55. The fraction of sp³-hybridized carbons (Fsp3) is 0.429. The van der Waals surface area contributed by atoms with Gasteiger partial charge < -0.3 is 20.9 Å². The molecule has 0 fully saturated rings. The molecule has 0 saturated heterocycles. The third-order valence-electron chi connectivity index (χ3n) is 3.16. The van der Waals surface area contributed by atoms with Crippen LogP contribution < -0.4 is 16.4 Å². The van der Waals surface area contributed by atoms with Crippen molar-refractivity contribution in [3.05, 3.63) is 36.2 Å². The molecule has 0 amide bonds. The number of rotatable bonds is 7. The average Bonchev–Trinajstić information content (AvgIpc) is 2.97. The van der Waals surface area contributed by atoms with Crippen molar-refractivity contribution in [1.82, 2.24) is 10.1 Å². The fourth-order valence-electron chi connectivity index (χ4n) is 1.91. The zero-order valence-corrected chi connectivity index (χ0v) is 11.7. The van der Waals surface area contributed by atoms with Gasteiger partial charge in [-0.2, -0.15) is 4.98 Å². The lowest BCUT2D eigenvalue weighted by atomic mass is 10.1. The monoisotopic (exact) mass is 275 g/mol. The van der Waals surface area contributed by atoms with Crippen LogP contribution in [0.15, 0.2) is 34.9 Å². The van der Waals surface area contributed by atoms with Gasteiger partial charge in [-0.15, -0.1) is 0 Å². The molecule has 6 heteroatoms. The molecular formula is C14H21N5O. The van der Waals surface area contributed by atoms with E-state index in [-0.39, 0.29) is 6.04 Å². The zero-order chi connectivity index (χ0) is 14.4. The summed E-state index contributed by atoms with van der Waals surface area (Å²) in [5.74, 6) is 0.986. The van der Waals surface area contributed by atoms with Gasteiger partial charge in [0.05, 0.1) is 6.04 Å². The lowest BCUT2D eigenvalue weighted by Crippen LogP contribution is -2.13. The number of nitrogens with zero attached hydrogens (tertiary/aromatic N) is 3. The van der Waals surface area contributed by atoms with Crippen LogP contribution in [0.3, 0.4) is 0 Å². The molecule has 0 saturated carbocycles. The van der Waals surface area contributed by atoms with E-state index >= 15 is 0 Å². The molecule has 20 heavy (non-hydrogen) atoms. The van der Waals surface area contributed by atoms with Gasteiger partial charge in [0.25, 0.3) is 5.95 Å². The minimum atomic E-state index is -0.230. The maximum absolute atomic E-state index is 6.03. The summed E-state index contributed by atoms with van der Waals surface area (Å²) in [5.41, 5.74) is 12.5. The van der Waals surface area contributed by atoms with E-state index in [1.54, 1.807) is 0 Å². The van der Waals surface area contributed by atoms with Crippen LogP contribution in [0, 0.1) is 0 Å². The number of nitrogens with two attached hydrogens (primary N) is 2.